The van der Waals surface area contributed by atoms with E-state index in [1.54, 1.807) is 6.92 Å². The minimum absolute atomic E-state index is 0.183. The van der Waals surface area contributed by atoms with E-state index in [9.17, 15) is 9.59 Å². The molecular formula is C8H12O5. The Morgan fingerprint density at radius 1 is 1.46 bits per heavy atom. The molecule has 0 amide bonds. The lowest BCUT2D eigenvalue weighted by Gasteiger charge is -1.88. The molecule has 0 saturated heterocycles. The average Bonchev–Trinajstić information content (AvgIpc) is 2.03. The number of hydrogen-bond donors (Lipinski definition) is 2. The minimum Gasteiger partial charge on any atom is -0.478 e. The molecule has 0 fully saturated rings. The summed E-state index contributed by atoms with van der Waals surface area (Å²) in [6, 6.07) is 0. The molecule has 0 aliphatic rings. The molecule has 0 aromatic rings. The molecule has 0 aliphatic heterocycles. The number of aliphatic carboxylic acids is 1. The first-order valence-corrected chi connectivity index (χ1v) is 3.32. The van der Waals surface area contributed by atoms with Crippen molar-refractivity contribution in [2.45, 2.75) is 13.8 Å². The lowest BCUT2D eigenvalue weighted by molar-refractivity contribution is -0.229. The lowest BCUT2D eigenvalue weighted by Crippen LogP contribution is -1.99. The number of carbonyl (C=O) groups excluding carboxylic acids is 1. The predicted molar refractivity (Wildman–Crippen MR) is 46.0 cm³/mol. The molecule has 5 nitrogen and oxygen atoms in total. The Morgan fingerprint density at radius 2 is 1.92 bits per heavy atom. The van der Waals surface area contributed by atoms with Crippen LogP contribution in [0.2, 0.25) is 0 Å². The van der Waals surface area contributed by atoms with Crippen LogP contribution in [0.25, 0.3) is 0 Å². The molecule has 13 heavy (non-hydrogen) atoms. The molecule has 0 aromatic carbocycles. The molecule has 0 bridgehead atoms. The van der Waals surface area contributed by atoms with Crippen molar-refractivity contribution in [2.24, 2.45) is 0 Å². The van der Waals surface area contributed by atoms with Gasteiger partial charge in [-0.05, 0) is 13.8 Å². The number of carbonyl (C=O) groups is 2. The van der Waals surface area contributed by atoms with Gasteiger partial charge in [-0.15, -0.1) is 0 Å². The van der Waals surface area contributed by atoms with Gasteiger partial charge in [0.15, 0.2) is 0 Å². The Morgan fingerprint density at radius 3 is 1.92 bits per heavy atom. The average molecular weight is 188 g/mol. The van der Waals surface area contributed by atoms with E-state index in [1.807, 2.05) is 0 Å². The highest BCUT2D eigenvalue weighted by atomic mass is 17.1. The predicted octanol–water partition coefficient (Wildman–Crippen LogP) is 1.23. The molecular weight excluding hydrogens is 176 g/mol. The highest BCUT2D eigenvalue weighted by Crippen LogP contribution is 1.86. The fraction of sp³-hybridized carbons (Fsp3) is 0.250. The fourth-order valence-corrected chi connectivity index (χ4v) is 0.220. The Hall–Kier alpha value is -1.62. The standard InChI is InChI=1S/C4H6O3.C4H6O2/c1-3(2)4(5)7-6;1-2-3-4(5)6/h6H,1H2,2H3;2-3H,1H3,(H,5,6). The summed E-state index contributed by atoms with van der Waals surface area (Å²) in [5.41, 5.74) is 0.183. The normalized spacial score (nSPS) is 8.54. The molecule has 2 N–H and O–H groups in total. The van der Waals surface area contributed by atoms with Crippen LogP contribution in [0.15, 0.2) is 24.3 Å². The van der Waals surface area contributed by atoms with Crippen molar-refractivity contribution >= 4 is 11.9 Å². The zero-order chi connectivity index (χ0) is 10.9. The van der Waals surface area contributed by atoms with E-state index in [4.69, 9.17) is 10.4 Å². The molecule has 0 atom stereocenters. The highest BCUT2D eigenvalue weighted by Gasteiger charge is 1.98. The monoisotopic (exact) mass is 188 g/mol. The first-order valence-electron chi connectivity index (χ1n) is 3.32. The Bertz CT molecular complexity index is 217. The molecule has 0 radical (unpaired) electrons. The third-order valence-corrected chi connectivity index (χ3v) is 0.741. The molecule has 0 spiro atoms. The minimum atomic E-state index is -0.891. The Labute approximate surface area is 75.9 Å². The quantitative estimate of drug-likeness (QED) is 0.386. The van der Waals surface area contributed by atoms with Crippen molar-refractivity contribution in [1.29, 1.82) is 0 Å². The van der Waals surface area contributed by atoms with E-state index >= 15 is 0 Å². The summed E-state index contributed by atoms with van der Waals surface area (Å²) in [5.74, 6) is -1.68. The van der Waals surface area contributed by atoms with E-state index < -0.39 is 11.9 Å². The maximum Gasteiger partial charge on any atom is 0.367 e. The zero-order valence-corrected chi connectivity index (χ0v) is 7.48. The van der Waals surface area contributed by atoms with Crippen LogP contribution in [-0.4, -0.2) is 22.3 Å². The molecule has 0 unspecified atom stereocenters. The van der Waals surface area contributed by atoms with Gasteiger partial charge in [0.1, 0.15) is 0 Å². The van der Waals surface area contributed by atoms with Gasteiger partial charge in [0, 0.05) is 11.6 Å². The summed E-state index contributed by atoms with van der Waals surface area (Å²) in [6.45, 7) is 6.30. The topological polar surface area (TPSA) is 83.8 Å². The maximum absolute atomic E-state index is 9.94. The van der Waals surface area contributed by atoms with Crippen LogP contribution in [0.5, 0.6) is 0 Å². The highest BCUT2D eigenvalue weighted by molar-refractivity contribution is 5.86. The van der Waals surface area contributed by atoms with E-state index in [1.165, 1.54) is 13.0 Å². The van der Waals surface area contributed by atoms with Gasteiger partial charge in [-0.25, -0.2) is 9.59 Å². The number of carboxylic acids is 1. The Kier molecular flexibility index (Phi) is 9.09. The maximum atomic E-state index is 9.94. The number of carboxylic acid groups (broad SMARTS) is 1. The van der Waals surface area contributed by atoms with Crippen LogP contribution in [0, 0.1) is 0 Å². The number of allylic oxidation sites excluding steroid dienone is 1. The van der Waals surface area contributed by atoms with E-state index in [-0.39, 0.29) is 5.57 Å². The van der Waals surface area contributed by atoms with E-state index in [0.717, 1.165) is 6.08 Å². The van der Waals surface area contributed by atoms with Crippen LogP contribution in [0.1, 0.15) is 13.8 Å². The molecule has 5 heteroatoms. The number of rotatable bonds is 2. The third-order valence-electron chi connectivity index (χ3n) is 0.741. The summed E-state index contributed by atoms with van der Waals surface area (Å²) >= 11 is 0. The van der Waals surface area contributed by atoms with Gasteiger partial charge in [0.05, 0.1) is 0 Å². The molecule has 0 aliphatic carbocycles. The molecule has 74 valence electrons. The fourth-order valence-electron chi connectivity index (χ4n) is 0.220. The van der Waals surface area contributed by atoms with Crippen LogP contribution in [0.3, 0.4) is 0 Å². The Balaban J connectivity index is 0. The van der Waals surface area contributed by atoms with Gasteiger partial charge in [-0.3, -0.25) is 4.89 Å². The second-order valence-corrected chi connectivity index (χ2v) is 2.00. The van der Waals surface area contributed by atoms with Gasteiger partial charge in [0.2, 0.25) is 0 Å². The molecule has 0 heterocycles. The van der Waals surface area contributed by atoms with Gasteiger partial charge < -0.3 is 5.11 Å². The van der Waals surface area contributed by atoms with Crippen molar-refractivity contribution in [3.63, 3.8) is 0 Å². The van der Waals surface area contributed by atoms with Crippen LogP contribution in [0.4, 0.5) is 0 Å². The molecule has 0 aromatic heterocycles. The molecule has 0 rings (SSSR count). The van der Waals surface area contributed by atoms with Crippen molar-refractivity contribution in [1.82, 2.24) is 0 Å². The van der Waals surface area contributed by atoms with E-state index in [0.29, 0.717) is 0 Å². The third kappa shape index (κ3) is 13.4. The van der Waals surface area contributed by atoms with Gasteiger partial charge in [0.25, 0.3) is 0 Å². The van der Waals surface area contributed by atoms with Gasteiger partial charge in [-0.1, -0.05) is 12.7 Å². The van der Waals surface area contributed by atoms with Gasteiger partial charge in [-0.2, -0.15) is 5.26 Å². The summed E-state index contributed by atoms with van der Waals surface area (Å²) in [5, 5.41) is 15.4. The second-order valence-electron chi connectivity index (χ2n) is 2.00. The van der Waals surface area contributed by atoms with Crippen molar-refractivity contribution in [3.05, 3.63) is 24.3 Å². The molecule has 0 saturated carbocycles. The van der Waals surface area contributed by atoms with Crippen LogP contribution >= 0.6 is 0 Å². The number of hydrogen-bond acceptors (Lipinski definition) is 4. The van der Waals surface area contributed by atoms with Crippen LogP contribution in [-0.2, 0) is 14.5 Å². The van der Waals surface area contributed by atoms with Crippen molar-refractivity contribution in [2.75, 3.05) is 0 Å². The SMILES string of the molecule is C=C(C)C(=O)OO.CC=CC(=O)O. The summed E-state index contributed by atoms with van der Waals surface area (Å²) in [4.78, 5) is 22.7. The first kappa shape index (κ1) is 13.9. The second kappa shape index (κ2) is 8.48. The largest absolute Gasteiger partial charge is 0.478 e. The summed E-state index contributed by atoms with van der Waals surface area (Å²) in [6.07, 6.45) is 2.56. The lowest BCUT2D eigenvalue weighted by atomic mass is 10.4. The smallest absolute Gasteiger partial charge is 0.367 e. The zero-order valence-electron chi connectivity index (χ0n) is 7.48. The van der Waals surface area contributed by atoms with E-state index in [2.05, 4.69) is 11.5 Å². The van der Waals surface area contributed by atoms with Crippen molar-refractivity contribution < 1.29 is 24.8 Å². The summed E-state index contributed by atoms with van der Waals surface area (Å²) < 4.78 is 0. The van der Waals surface area contributed by atoms with Crippen molar-refractivity contribution in [3.8, 4) is 0 Å². The summed E-state index contributed by atoms with van der Waals surface area (Å²) in [7, 11) is 0. The van der Waals surface area contributed by atoms with Gasteiger partial charge >= 0.3 is 11.9 Å². The first-order chi connectivity index (χ1) is 5.95. The van der Waals surface area contributed by atoms with Crippen LogP contribution < -0.4 is 0 Å².